The van der Waals surface area contributed by atoms with Crippen molar-refractivity contribution < 1.29 is 4.42 Å². The summed E-state index contributed by atoms with van der Waals surface area (Å²) in [5, 5.41) is 3.44. The second-order valence-corrected chi connectivity index (χ2v) is 4.97. The Kier molecular flexibility index (Phi) is 5.59. The van der Waals surface area contributed by atoms with Crippen molar-refractivity contribution in [3.63, 3.8) is 0 Å². The Morgan fingerprint density at radius 1 is 1.15 bits per heavy atom. The number of benzene rings is 1. The predicted octanol–water partition coefficient (Wildman–Crippen LogP) is 3.19. The molecule has 0 aliphatic heterocycles. The van der Waals surface area contributed by atoms with Crippen LogP contribution in [0.1, 0.15) is 17.4 Å². The Labute approximate surface area is 120 Å². The highest BCUT2D eigenvalue weighted by Crippen LogP contribution is 2.17. The number of nitrogens with zero attached hydrogens (tertiary/aromatic N) is 1. The van der Waals surface area contributed by atoms with Gasteiger partial charge in [0.15, 0.2) is 0 Å². The van der Waals surface area contributed by atoms with E-state index >= 15 is 0 Å². The minimum absolute atomic E-state index is 0.259. The van der Waals surface area contributed by atoms with Crippen LogP contribution >= 0.6 is 0 Å². The molecule has 0 radical (unpaired) electrons. The second-order valence-electron chi connectivity index (χ2n) is 4.97. The molecular weight excluding hydrogens is 248 g/mol. The Bertz CT molecular complexity index is 503. The van der Waals surface area contributed by atoms with E-state index in [4.69, 9.17) is 4.42 Å². The van der Waals surface area contributed by atoms with Gasteiger partial charge in [0.05, 0.1) is 12.3 Å². The van der Waals surface area contributed by atoms with Crippen molar-refractivity contribution in [3.05, 3.63) is 66.1 Å². The number of hydrogen-bond donors (Lipinski definition) is 1. The smallest absolute Gasteiger partial charge is 0.122 e. The maximum atomic E-state index is 5.48. The van der Waals surface area contributed by atoms with Gasteiger partial charge in [-0.15, -0.1) is 0 Å². The molecule has 2 aromatic rings. The van der Waals surface area contributed by atoms with Gasteiger partial charge in [-0.1, -0.05) is 42.5 Å². The summed E-state index contributed by atoms with van der Waals surface area (Å²) in [5.41, 5.74) is 1.23. The molecule has 1 N–H and O–H groups in total. The van der Waals surface area contributed by atoms with Crippen LogP contribution in [0.4, 0.5) is 0 Å². The fourth-order valence-corrected chi connectivity index (χ4v) is 2.08. The lowest BCUT2D eigenvalue weighted by molar-refractivity contribution is 0.252. The van der Waals surface area contributed by atoms with E-state index in [-0.39, 0.29) is 6.04 Å². The van der Waals surface area contributed by atoms with Gasteiger partial charge in [0.25, 0.3) is 0 Å². The molecule has 1 heterocycles. The first-order valence-corrected chi connectivity index (χ1v) is 6.89. The summed E-state index contributed by atoms with van der Waals surface area (Å²) in [6.45, 7) is 1.71. The van der Waals surface area contributed by atoms with Gasteiger partial charge in [0.2, 0.25) is 0 Å². The van der Waals surface area contributed by atoms with Crippen molar-refractivity contribution in [1.82, 2.24) is 10.2 Å². The Morgan fingerprint density at radius 3 is 2.60 bits per heavy atom. The molecule has 1 atom stereocenters. The van der Waals surface area contributed by atoms with Crippen LogP contribution in [0.5, 0.6) is 0 Å². The van der Waals surface area contributed by atoms with E-state index in [2.05, 4.69) is 48.6 Å². The van der Waals surface area contributed by atoms with Crippen LogP contribution in [0.3, 0.4) is 0 Å². The summed E-state index contributed by atoms with van der Waals surface area (Å²) in [6, 6.07) is 14.5. The molecule has 0 saturated heterocycles. The highest BCUT2D eigenvalue weighted by molar-refractivity contribution is 5.48. The molecule has 0 aliphatic rings. The molecule has 3 nitrogen and oxygen atoms in total. The second kappa shape index (κ2) is 7.68. The standard InChI is InChI=1S/C17H22N2O/c1-19(2)16(17-11-7-13-20-17)14-18-12-6-10-15-8-4-3-5-9-15/h3-11,13,16,18H,12,14H2,1-2H3/b10-6+. The number of hydrogen-bond acceptors (Lipinski definition) is 3. The first-order valence-electron chi connectivity index (χ1n) is 6.89. The number of nitrogens with one attached hydrogen (secondary N) is 1. The fraction of sp³-hybridized carbons (Fsp3) is 0.294. The molecule has 0 aliphatic carbocycles. The first-order chi connectivity index (χ1) is 9.77. The van der Waals surface area contributed by atoms with Gasteiger partial charge < -0.3 is 9.73 Å². The van der Waals surface area contributed by atoms with Crippen LogP contribution in [-0.4, -0.2) is 32.1 Å². The van der Waals surface area contributed by atoms with E-state index in [1.54, 1.807) is 6.26 Å². The SMILES string of the molecule is CN(C)C(CNC/C=C/c1ccccc1)c1ccco1. The van der Waals surface area contributed by atoms with Gasteiger partial charge in [-0.05, 0) is 31.8 Å². The molecule has 1 aromatic heterocycles. The predicted molar refractivity (Wildman–Crippen MR) is 83.5 cm³/mol. The average Bonchev–Trinajstić information content (AvgIpc) is 2.97. The number of rotatable bonds is 7. The van der Waals surface area contributed by atoms with E-state index in [0.717, 1.165) is 18.8 Å². The van der Waals surface area contributed by atoms with Gasteiger partial charge in [0.1, 0.15) is 5.76 Å². The summed E-state index contributed by atoms with van der Waals surface area (Å²) in [6.07, 6.45) is 6.00. The third-order valence-corrected chi connectivity index (χ3v) is 3.20. The van der Waals surface area contributed by atoms with E-state index in [9.17, 15) is 0 Å². The first kappa shape index (κ1) is 14.6. The quantitative estimate of drug-likeness (QED) is 0.783. The van der Waals surface area contributed by atoms with E-state index < -0.39 is 0 Å². The fourth-order valence-electron chi connectivity index (χ4n) is 2.08. The molecule has 0 amide bonds. The normalized spacial score (nSPS) is 13.2. The van der Waals surface area contributed by atoms with Crippen molar-refractivity contribution in [3.8, 4) is 0 Å². The Morgan fingerprint density at radius 2 is 1.95 bits per heavy atom. The highest BCUT2D eigenvalue weighted by atomic mass is 16.3. The molecule has 2 rings (SSSR count). The van der Waals surface area contributed by atoms with E-state index in [1.807, 2.05) is 30.3 Å². The summed E-state index contributed by atoms with van der Waals surface area (Å²) < 4.78 is 5.48. The van der Waals surface area contributed by atoms with Crippen LogP contribution < -0.4 is 5.32 Å². The third kappa shape index (κ3) is 4.37. The summed E-state index contributed by atoms with van der Waals surface area (Å²) in [4.78, 5) is 2.16. The van der Waals surface area contributed by atoms with Crippen LogP contribution in [0.2, 0.25) is 0 Å². The van der Waals surface area contributed by atoms with Crippen LogP contribution in [0, 0.1) is 0 Å². The molecule has 3 heteroatoms. The molecule has 0 saturated carbocycles. The summed E-state index contributed by atoms with van der Waals surface area (Å²) >= 11 is 0. The van der Waals surface area contributed by atoms with Gasteiger partial charge in [0, 0.05) is 13.1 Å². The summed E-state index contributed by atoms with van der Waals surface area (Å²) in [5.74, 6) is 0.995. The third-order valence-electron chi connectivity index (χ3n) is 3.20. The van der Waals surface area contributed by atoms with Crippen molar-refractivity contribution >= 4 is 6.08 Å². The highest BCUT2D eigenvalue weighted by Gasteiger charge is 2.15. The number of likely N-dealkylation sites (N-methyl/N-ethyl adjacent to an activating group) is 1. The molecule has 1 aromatic carbocycles. The van der Waals surface area contributed by atoms with Crippen LogP contribution in [0.15, 0.2) is 59.2 Å². The van der Waals surface area contributed by atoms with E-state index in [1.165, 1.54) is 5.56 Å². The van der Waals surface area contributed by atoms with Crippen LogP contribution in [0.25, 0.3) is 6.08 Å². The molecule has 0 spiro atoms. The molecule has 1 unspecified atom stereocenters. The summed E-state index contributed by atoms with van der Waals surface area (Å²) in [7, 11) is 4.13. The van der Waals surface area contributed by atoms with Crippen molar-refractivity contribution in [2.75, 3.05) is 27.2 Å². The van der Waals surface area contributed by atoms with Crippen molar-refractivity contribution in [2.45, 2.75) is 6.04 Å². The minimum atomic E-state index is 0.259. The number of furan rings is 1. The van der Waals surface area contributed by atoms with Gasteiger partial charge in [-0.2, -0.15) is 0 Å². The maximum Gasteiger partial charge on any atom is 0.122 e. The Hall–Kier alpha value is -1.84. The van der Waals surface area contributed by atoms with Gasteiger partial charge in [-0.3, -0.25) is 4.90 Å². The molecule has 20 heavy (non-hydrogen) atoms. The zero-order valence-electron chi connectivity index (χ0n) is 12.1. The van der Waals surface area contributed by atoms with Crippen LogP contribution in [-0.2, 0) is 0 Å². The monoisotopic (exact) mass is 270 g/mol. The zero-order valence-corrected chi connectivity index (χ0v) is 12.1. The Balaban J connectivity index is 1.78. The lowest BCUT2D eigenvalue weighted by Crippen LogP contribution is -2.30. The molecule has 0 bridgehead atoms. The molecule has 0 fully saturated rings. The average molecular weight is 270 g/mol. The lowest BCUT2D eigenvalue weighted by Gasteiger charge is -2.22. The zero-order chi connectivity index (χ0) is 14.2. The van der Waals surface area contributed by atoms with Crippen molar-refractivity contribution in [2.24, 2.45) is 0 Å². The maximum absolute atomic E-state index is 5.48. The van der Waals surface area contributed by atoms with Gasteiger partial charge >= 0.3 is 0 Å². The minimum Gasteiger partial charge on any atom is -0.468 e. The lowest BCUT2D eigenvalue weighted by atomic mass is 10.2. The topological polar surface area (TPSA) is 28.4 Å². The van der Waals surface area contributed by atoms with E-state index in [0.29, 0.717) is 0 Å². The van der Waals surface area contributed by atoms with Crippen molar-refractivity contribution in [1.29, 1.82) is 0 Å². The largest absolute Gasteiger partial charge is 0.468 e. The van der Waals surface area contributed by atoms with Gasteiger partial charge in [-0.25, -0.2) is 0 Å². The molecular formula is C17H22N2O. The molecule has 106 valence electrons.